The van der Waals surface area contributed by atoms with Gasteiger partial charge < -0.3 is 10.4 Å². The first-order chi connectivity index (χ1) is 8.42. The standard InChI is InChI=1S/C11H12ClN3O2S/c1-11(2,10(16)17)5-13-8-6(12)3-4-7-9(8)15-18-14-7/h3-4,13H,5H2,1-2H3,(H,16,17). The van der Waals surface area contributed by atoms with E-state index in [1.807, 2.05) is 0 Å². The Bertz CT molecular complexity index is 597. The molecule has 96 valence electrons. The number of rotatable bonds is 4. The molecule has 2 rings (SSSR count). The van der Waals surface area contributed by atoms with Crippen molar-refractivity contribution in [3.8, 4) is 0 Å². The van der Waals surface area contributed by atoms with Crippen molar-refractivity contribution in [2.24, 2.45) is 5.41 Å². The van der Waals surface area contributed by atoms with Gasteiger partial charge in [0.2, 0.25) is 0 Å². The molecule has 0 aliphatic heterocycles. The lowest BCUT2D eigenvalue weighted by molar-refractivity contribution is -0.146. The van der Waals surface area contributed by atoms with Gasteiger partial charge in [0.25, 0.3) is 0 Å². The third-order valence-corrected chi connectivity index (χ3v) is 3.52. The fraction of sp³-hybridized carbons (Fsp3) is 0.364. The van der Waals surface area contributed by atoms with Crippen LogP contribution in [0.2, 0.25) is 5.02 Å². The molecule has 0 saturated heterocycles. The zero-order valence-corrected chi connectivity index (χ0v) is 11.5. The number of hydrogen-bond acceptors (Lipinski definition) is 5. The molecule has 2 N–H and O–H groups in total. The van der Waals surface area contributed by atoms with Gasteiger partial charge in [-0.1, -0.05) is 11.6 Å². The second-order valence-corrected chi connectivity index (χ2v) is 5.53. The van der Waals surface area contributed by atoms with Crippen molar-refractivity contribution in [2.75, 3.05) is 11.9 Å². The lowest BCUT2D eigenvalue weighted by Gasteiger charge is -2.20. The van der Waals surface area contributed by atoms with Crippen LogP contribution < -0.4 is 5.32 Å². The molecule has 0 aliphatic carbocycles. The predicted molar refractivity (Wildman–Crippen MR) is 72.3 cm³/mol. The van der Waals surface area contributed by atoms with Crippen molar-refractivity contribution in [3.05, 3.63) is 17.2 Å². The number of aromatic nitrogens is 2. The van der Waals surface area contributed by atoms with Crippen LogP contribution in [-0.4, -0.2) is 26.4 Å². The van der Waals surface area contributed by atoms with Gasteiger partial charge >= 0.3 is 5.97 Å². The third-order valence-electron chi connectivity index (χ3n) is 2.66. The number of hydrogen-bond donors (Lipinski definition) is 2. The smallest absolute Gasteiger partial charge is 0.310 e. The fourth-order valence-electron chi connectivity index (χ4n) is 1.38. The zero-order valence-electron chi connectivity index (χ0n) is 9.90. The number of fused-ring (bicyclic) bond motifs is 1. The maximum Gasteiger partial charge on any atom is 0.310 e. The van der Waals surface area contributed by atoms with Crippen molar-refractivity contribution in [1.29, 1.82) is 0 Å². The molecule has 2 aromatic rings. The van der Waals surface area contributed by atoms with Crippen molar-refractivity contribution in [1.82, 2.24) is 8.75 Å². The molecule has 7 heteroatoms. The number of aliphatic carboxylic acids is 1. The van der Waals surface area contributed by atoms with Crippen LogP contribution in [0.4, 0.5) is 5.69 Å². The van der Waals surface area contributed by atoms with Gasteiger partial charge in [-0.3, -0.25) is 4.79 Å². The summed E-state index contributed by atoms with van der Waals surface area (Å²) >= 11 is 7.20. The highest BCUT2D eigenvalue weighted by atomic mass is 35.5. The number of nitrogens with zero attached hydrogens (tertiary/aromatic N) is 2. The van der Waals surface area contributed by atoms with Gasteiger partial charge in [-0.25, -0.2) is 0 Å². The number of carboxylic acids is 1. The fourth-order valence-corrected chi connectivity index (χ4v) is 2.14. The summed E-state index contributed by atoms with van der Waals surface area (Å²) in [7, 11) is 0. The van der Waals surface area contributed by atoms with E-state index in [1.54, 1.807) is 26.0 Å². The lowest BCUT2D eigenvalue weighted by atomic mass is 9.94. The van der Waals surface area contributed by atoms with E-state index >= 15 is 0 Å². The molecule has 1 aromatic heterocycles. The average Bonchev–Trinajstić information content (AvgIpc) is 2.75. The van der Waals surface area contributed by atoms with E-state index in [0.29, 0.717) is 16.2 Å². The Labute approximate surface area is 113 Å². The molecular weight excluding hydrogens is 274 g/mol. The van der Waals surface area contributed by atoms with E-state index in [1.165, 1.54) is 0 Å². The topological polar surface area (TPSA) is 75.1 Å². The van der Waals surface area contributed by atoms with Gasteiger partial charge in [-0.2, -0.15) is 8.75 Å². The SMILES string of the molecule is CC(C)(CNc1c(Cl)ccc2nsnc12)C(=O)O. The highest BCUT2D eigenvalue weighted by Gasteiger charge is 2.27. The summed E-state index contributed by atoms with van der Waals surface area (Å²) < 4.78 is 8.28. The van der Waals surface area contributed by atoms with Crippen LogP contribution in [0.1, 0.15) is 13.8 Å². The number of nitrogens with one attached hydrogen (secondary N) is 1. The Kier molecular flexibility index (Phi) is 3.41. The molecule has 0 aliphatic rings. The predicted octanol–water partition coefficient (Wildman–Crippen LogP) is 2.87. The molecule has 1 aromatic carbocycles. The van der Waals surface area contributed by atoms with Crippen LogP contribution in [0.3, 0.4) is 0 Å². The molecule has 1 heterocycles. The number of carbonyl (C=O) groups is 1. The van der Waals surface area contributed by atoms with Crippen molar-refractivity contribution >= 4 is 46.0 Å². The van der Waals surface area contributed by atoms with Gasteiger partial charge in [0, 0.05) is 6.54 Å². The minimum Gasteiger partial charge on any atom is -0.481 e. The minimum atomic E-state index is -0.880. The number of carboxylic acid groups (broad SMARTS) is 1. The Morgan fingerprint density at radius 2 is 2.22 bits per heavy atom. The normalized spacial score (nSPS) is 11.7. The minimum absolute atomic E-state index is 0.263. The molecule has 0 atom stereocenters. The van der Waals surface area contributed by atoms with Crippen LogP contribution >= 0.6 is 23.3 Å². The summed E-state index contributed by atoms with van der Waals surface area (Å²) in [6.07, 6.45) is 0. The summed E-state index contributed by atoms with van der Waals surface area (Å²) in [6.45, 7) is 3.56. The van der Waals surface area contributed by atoms with Crippen molar-refractivity contribution in [3.63, 3.8) is 0 Å². The lowest BCUT2D eigenvalue weighted by Crippen LogP contribution is -2.31. The van der Waals surface area contributed by atoms with Crippen molar-refractivity contribution in [2.45, 2.75) is 13.8 Å². The first kappa shape index (κ1) is 13.0. The molecule has 0 fully saturated rings. The molecule has 0 amide bonds. The Morgan fingerprint density at radius 1 is 1.50 bits per heavy atom. The molecule has 5 nitrogen and oxygen atoms in total. The molecule has 18 heavy (non-hydrogen) atoms. The maximum atomic E-state index is 11.0. The summed E-state index contributed by atoms with van der Waals surface area (Å²) in [4.78, 5) is 11.0. The number of benzene rings is 1. The number of anilines is 1. The quantitative estimate of drug-likeness (QED) is 0.903. The van der Waals surface area contributed by atoms with Crippen LogP contribution in [0.25, 0.3) is 11.0 Å². The van der Waals surface area contributed by atoms with Gasteiger partial charge in [0.15, 0.2) is 0 Å². The summed E-state index contributed by atoms with van der Waals surface area (Å²) in [5.74, 6) is -0.866. The van der Waals surface area contributed by atoms with E-state index in [4.69, 9.17) is 16.7 Å². The summed E-state index contributed by atoms with van der Waals surface area (Å²) in [5, 5.41) is 12.6. The Balaban J connectivity index is 2.29. The maximum absolute atomic E-state index is 11.0. The molecule has 0 spiro atoms. The third kappa shape index (κ3) is 2.39. The molecular formula is C11H12ClN3O2S. The van der Waals surface area contributed by atoms with Crippen molar-refractivity contribution < 1.29 is 9.90 Å². The molecule has 0 saturated carbocycles. The Hall–Kier alpha value is -1.40. The van der Waals surface area contributed by atoms with E-state index in [2.05, 4.69) is 14.1 Å². The van der Waals surface area contributed by atoms with Crippen LogP contribution in [0.15, 0.2) is 12.1 Å². The monoisotopic (exact) mass is 285 g/mol. The first-order valence-electron chi connectivity index (χ1n) is 5.30. The van der Waals surface area contributed by atoms with E-state index in [-0.39, 0.29) is 6.54 Å². The van der Waals surface area contributed by atoms with E-state index in [0.717, 1.165) is 17.2 Å². The molecule has 0 radical (unpaired) electrons. The van der Waals surface area contributed by atoms with Gasteiger partial charge in [-0.05, 0) is 26.0 Å². The highest BCUT2D eigenvalue weighted by Crippen LogP contribution is 2.31. The van der Waals surface area contributed by atoms with E-state index in [9.17, 15) is 4.79 Å². The molecule has 0 bridgehead atoms. The number of halogens is 1. The molecule has 0 unspecified atom stereocenters. The average molecular weight is 286 g/mol. The summed E-state index contributed by atoms with van der Waals surface area (Å²) in [6, 6.07) is 3.51. The van der Waals surface area contributed by atoms with Gasteiger partial charge in [-0.15, -0.1) is 0 Å². The van der Waals surface area contributed by atoms with Gasteiger partial charge in [0.05, 0.1) is 27.9 Å². The van der Waals surface area contributed by atoms with Crippen LogP contribution in [0.5, 0.6) is 0 Å². The summed E-state index contributed by atoms with van der Waals surface area (Å²) in [5.41, 5.74) is 1.18. The second kappa shape index (κ2) is 4.70. The van der Waals surface area contributed by atoms with Crippen LogP contribution in [0, 0.1) is 5.41 Å². The largest absolute Gasteiger partial charge is 0.481 e. The zero-order chi connectivity index (χ0) is 13.3. The van der Waals surface area contributed by atoms with Crippen LogP contribution in [-0.2, 0) is 4.79 Å². The van der Waals surface area contributed by atoms with Gasteiger partial charge in [0.1, 0.15) is 11.0 Å². The second-order valence-electron chi connectivity index (χ2n) is 4.60. The van der Waals surface area contributed by atoms with E-state index < -0.39 is 11.4 Å². The highest BCUT2D eigenvalue weighted by molar-refractivity contribution is 7.00. The first-order valence-corrected chi connectivity index (χ1v) is 6.41. The Morgan fingerprint density at radius 3 is 2.89 bits per heavy atom.